The Morgan fingerprint density at radius 3 is 2.63 bits per heavy atom. The minimum absolute atomic E-state index is 0.00402. The van der Waals surface area contributed by atoms with E-state index >= 15 is 0 Å². The molecule has 1 aliphatic heterocycles. The molecule has 3 aromatic rings. The van der Waals surface area contributed by atoms with Crippen molar-refractivity contribution >= 4 is 40.2 Å². The van der Waals surface area contributed by atoms with E-state index in [0.29, 0.717) is 28.6 Å². The van der Waals surface area contributed by atoms with Crippen LogP contribution in [0.15, 0.2) is 30.3 Å². The van der Waals surface area contributed by atoms with E-state index in [4.69, 9.17) is 26.1 Å². The number of aromatic nitrogens is 2. The van der Waals surface area contributed by atoms with Crippen LogP contribution >= 0.6 is 11.6 Å². The molecule has 5 rings (SSSR count). The quantitative estimate of drug-likeness (QED) is 0.427. The van der Waals surface area contributed by atoms with Crippen molar-refractivity contribution < 1.29 is 24.2 Å². The highest BCUT2D eigenvalue weighted by Crippen LogP contribution is 2.42. The van der Waals surface area contributed by atoms with Gasteiger partial charge in [-0.15, -0.1) is 0 Å². The van der Waals surface area contributed by atoms with Crippen LogP contribution in [0.3, 0.4) is 0 Å². The number of amides is 1. The summed E-state index contributed by atoms with van der Waals surface area (Å²) in [5.74, 6) is 1.22. The molecule has 202 valence electrons. The predicted octanol–water partition coefficient (Wildman–Crippen LogP) is 6.01. The van der Waals surface area contributed by atoms with Gasteiger partial charge in [-0.3, -0.25) is 9.69 Å². The fraction of sp³-hybridized carbons (Fsp3) is 0.483. The number of anilines is 1. The molecule has 1 saturated carbocycles. The molecule has 2 aromatic carbocycles. The number of fused-ring (bicyclic) bond motifs is 3. The first kappa shape index (κ1) is 26.5. The Morgan fingerprint density at radius 2 is 1.95 bits per heavy atom. The van der Waals surface area contributed by atoms with Gasteiger partial charge in [-0.05, 0) is 75.8 Å². The fourth-order valence-electron chi connectivity index (χ4n) is 6.14. The van der Waals surface area contributed by atoms with E-state index in [1.165, 1.54) is 7.11 Å². The van der Waals surface area contributed by atoms with Crippen molar-refractivity contribution in [1.29, 1.82) is 0 Å². The molecule has 1 aromatic heterocycles. The van der Waals surface area contributed by atoms with Gasteiger partial charge in [0.05, 0.1) is 36.0 Å². The number of carbonyl (C=O) groups excluding carboxylic acids is 2. The van der Waals surface area contributed by atoms with Crippen molar-refractivity contribution in [3.63, 3.8) is 0 Å². The molecule has 9 heteroatoms. The Balaban J connectivity index is 1.69. The van der Waals surface area contributed by atoms with Gasteiger partial charge < -0.3 is 19.1 Å². The molecule has 4 atom stereocenters. The van der Waals surface area contributed by atoms with Gasteiger partial charge in [0.1, 0.15) is 23.5 Å². The van der Waals surface area contributed by atoms with E-state index in [0.717, 1.165) is 54.4 Å². The van der Waals surface area contributed by atoms with Gasteiger partial charge in [0, 0.05) is 23.6 Å². The normalized spacial score (nSPS) is 22.2. The number of rotatable bonds is 5. The number of nitrogens with zero attached hydrogens (tertiary/aromatic N) is 3. The van der Waals surface area contributed by atoms with Gasteiger partial charge in [-0.2, -0.15) is 0 Å². The van der Waals surface area contributed by atoms with Crippen LogP contribution in [0.5, 0.6) is 5.75 Å². The zero-order chi connectivity index (χ0) is 27.1. The monoisotopic (exact) mass is 539 g/mol. The van der Waals surface area contributed by atoms with Gasteiger partial charge in [-0.25, -0.2) is 9.78 Å². The molecule has 1 N–H and O–H groups in total. The summed E-state index contributed by atoms with van der Waals surface area (Å²) in [6, 6.07) is 9.16. The molecule has 1 aliphatic carbocycles. The molecule has 0 radical (unpaired) electrons. The van der Waals surface area contributed by atoms with Gasteiger partial charge >= 0.3 is 6.09 Å². The maximum atomic E-state index is 12.7. The van der Waals surface area contributed by atoms with Crippen LogP contribution in [-0.2, 0) is 16.0 Å². The maximum Gasteiger partial charge on any atom is 0.414 e. The number of hydrogen-bond acceptors (Lipinski definition) is 6. The lowest BCUT2D eigenvalue weighted by Gasteiger charge is -2.34. The zero-order valence-electron chi connectivity index (χ0n) is 22.2. The number of aliphatic hydroxyl groups excluding tert-OH is 1. The molecular weight excluding hydrogens is 506 g/mol. The number of carbonyl (C=O) groups is 2. The van der Waals surface area contributed by atoms with Gasteiger partial charge in [0.15, 0.2) is 0 Å². The van der Waals surface area contributed by atoms with Crippen molar-refractivity contribution in [1.82, 2.24) is 9.55 Å². The molecule has 1 fully saturated rings. The molecule has 0 spiro atoms. The van der Waals surface area contributed by atoms with Gasteiger partial charge in [0.2, 0.25) is 0 Å². The second kappa shape index (κ2) is 10.6. The largest absolute Gasteiger partial charge is 0.495 e. The summed E-state index contributed by atoms with van der Waals surface area (Å²) >= 11 is 6.40. The van der Waals surface area contributed by atoms with Gasteiger partial charge in [-0.1, -0.05) is 24.1 Å². The SMILES string of the molecule is COC(=O)N1c2ccc3c(nc([C@@H](O)c4ccc(OC)c(Cl)c4)n3[C@@H]3CCC[C@@H](C(C)=O)C3)c2CC[C@@H]1C. The number of imidazole rings is 1. The number of aryl methyl sites for hydroxylation is 1. The van der Waals surface area contributed by atoms with Crippen LogP contribution in [-0.4, -0.2) is 46.8 Å². The van der Waals surface area contributed by atoms with Crippen molar-refractivity contribution in [2.75, 3.05) is 19.1 Å². The highest BCUT2D eigenvalue weighted by Gasteiger charge is 2.35. The first-order valence-corrected chi connectivity index (χ1v) is 13.6. The third kappa shape index (κ3) is 4.54. The number of benzene rings is 2. The number of aliphatic hydroxyl groups is 1. The summed E-state index contributed by atoms with van der Waals surface area (Å²) in [5.41, 5.74) is 4.01. The van der Waals surface area contributed by atoms with Crippen LogP contribution in [0.1, 0.15) is 75.0 Å². The Kier molecular flexibility index (Phi) is 7.38. The highest BCUT2D eigenvalue weighted by atomic mass is 35.5. The molecule has 38 heavy (non-hydrogen) atoms. The van der Waals surface area contributed by atoms with Crippen molar-refractivity contribution in [2.24, 2.45) is 5.92 Å². The maximum absolute atomic E-state index is 12.7. The first-order valence-electron chi connectivity index (χ1n) is 13.2. The van der Waals surface area contributed by atoms with Crippen LogP contribution in [0.4, 0.5) is 10.5 Å². The number of ketones is 1. The van der Waals surface area contributed by atoms with Crippen molar-refractivity contribution in [3.05, 3.63) is 52.3 Å². The summed E-state index contributed by atoms with van der Waals surface area (Å²) in [5, 5.41) is 12.1. The first-order chi connectivity index (χ1) is 18.2. The summed E-state index contributed by atoms with van der Waals surface area (Å²) in [7, 11) is 2.94. The second-order valence-electron chi connectivity index (χ2n) is 10.4. The van der Waals surface area contributed by atoms with Crippen molar-refractivity contribution in [2.45, 2.75) is 70.6 Å². The fourth-order valence-corrected chi connectivity index (χ4v) is 6.41. The van der Waals surface area contributed by atoms with Crippen LogP contribution in [0.25, 0.3) is 11.0 Å². The minimum atomic E-state index is -1.04. The summed E-state index contributed by atoms with van der Waals surface area (Å²) in [6.07, 6.45) is 3.48. The summed E-state index contributed by atoms with van der Waals surface area (Å²) in [4.78, 5) is 31.7. The van der Waals surface area contributed by atoms with Crippen LogP contribution in [0.2, 0.25) is 5.02 Å². The summed E-state index contributed by atoms with van der Waals surface area (Å²) in [6.45, 7) is 3.67. The second-order valence-corrected chi connectivity index (χ2v) is 10.8. The lowest BCUT2D eigenvalue weighted by atomic mass is 9.83. The molecule has 1 amide bonds. The third-order valence-corrected chi connectivity index (χ3v) is 8.47. The third-order valence-electron chi connectivity index (χ3n) is 8.18. The lowest BCUT2D eigenvalue weighted by molar-refractivity contribution is -0.122. The number of Topliss-reactive ketones (excluding diaryl/α,β-unsaturated/α-hetero) is 1. The molecule has 2 aliphatic rings. The number of halogens is 1. The molecule has 0 bridgehead atoms. The van der Waals surface area contributed by atoms with Crippen molar-refractivity contribution in [3.8, 4) is 5.75 Å². The van der Waals surface area contributed by atoms with Crippen LogP contribution < -0.4 is 9.64 Å². The van der Waals surface area contributed by atoms with E-state index in [2.05, 4.69) is 4.57 Å². The van der Waals surface area contributed by atoms with Crippen LogP contribution in [0, 0.1) is 5.92 Å². The minimum Gasteiger partial charge on any atom is -0.495 e. The van der Waals surface area contributed by atoms with Gasteiger partial charge in [0.25, 0.3) is 0 Å². The highest BCUT2D eigenvalue weighted by molar-refractivity contribution is 6.32. The lowest BCUT2D eigenvalue weighted by Crippen LogP contribution is -2.42. The summed E-state index contributed by atoms with van der Waals surface area (Å²) < 4.78 is 12.5. The number of methoxy groups -OCH3 is 2. The predicted molar refractivity (Wildman–Crippen MR) is 146 cm³/mol. The van der Waals surface area contributed by atoms with E-state index in [1.54, 1.807) is 37.1 Å². The van der Waals surface area contributed by atoms with E-state index in [1.807, 2.05) is 19.1 Å². The Hall–Kier alpha value is -3.10. The number of hydrogen-bond donors (Lipinski definition) is 1. The Morgan fingerprint density at radius 1 is 1.16 bits per heavy atom. The Bertz CT molecular complexity index is 1390. The average Bonchev–Trinajstić information content (AvgIpc) is 3.32. The van der Waals surface area contributed by atoms with E-state index in [-0.39, 0.29) is 23.8 Å². The average molecular weight is 540 g/mol. The molecule has 0 unspecified atom stereocenters. The molecule has 8 nitrogen and oxygen atoms in total. The smallest absolute Gasteiger partial charge is 0.414 e. The topological polar surface area (TPSA) is 93.9 Å². The van der Waals surface area contributed by atoms with E-state index < -0.39 is 12.2 Å². The Labute approximate surface area is 227 Å². The molecular formula is C29H34ClN3O5. The zero-order valence-corrected chi connectivity index (χ0v) is 23.0. The van der Waals surface area contributed by atoms with E-state index in [9.17, 15) is 14.7 Å². The standard InChI is InChI=1S/C29H34ClN3O5/c1-16-8-10-21-23(32(16)29(36)38-4)11-12-24-26(21)31-28(27(35)19-9-13-25(37-3)22(30)15-19)33(24)20-7-5-6-18(14-20)17(2)34/h9,11-13,15-16,18,20,27,35H,5-8,10,14H2,1-4H3/t16-,18+,20+,27-/m0/s1. The number of ether oxygens (including phenoxy) is 2. The molecule has 0 saturated heterocycles. The molecule has 2 heterocycles.